The number of phenols is 1. The van der Waals surface area contributed by atoms with Crippen molar-refractivity contribution < 1.29 is 29.4 Å². The Kier molecular flexibility index (Phi) is 9.07. The normalized spacial score (nSPS) is 13.8. The van der Waals surface area contributed by atoms with E-state index in [0.717, 1.165) is 0 Å². The van der Waals surface area contributed by atoms with E-state index in [1.165, 1.54) is 19.1 Å². The number of hydrogen-bond donors (Lipinski definition) is 6. The van der Waals surface area contributed by atoms with Crippen LogP contribution in [0.1, 0.15) is 26.3 Å². The number of carbonyl (C=O) groups excluding carboxylic acids is 3. The van der Waals surface area contributed by atoms with E-state index in [-0.39, 0.29) is 18.1 Å². The molecule has 3 unspecified atom stereocenters. The average Bonchev–Trinajstić information content (AvgIpc) is 2.66. The SMILES string of the molecule is CC(NC(=O)C(N)C(C)C)C(=O)NC(Cc1ccc(O)cc1)C(=O)NCC(=O)O. The van der Waals surface area contributed by atoms with Crippen molar-refractivity contribution in [2.24, 2.45) is 11.7 Å². The molecule has 0 spiro atoms. The molecule has 7 N–H and O–H groups in total. The second-order valence-corrected chi connectivity index (χ2v) is 7.04. The van der Waals surface area contributed by atoms with Gasteiger partial charge in [-0.05, 0) is 30.5 Å². The summed E-state index contributed by atoms with van der Waals surface area (Å²) in [5.41, 5.74) is 6.39. The molecular formula is C19H28N4O6. The number of aromatic hydroxyl groups is 1. The zero-order valence-corrected chi connectivity index (χ0v) is 16.6. The Morgan fingerprint density at radius 3 is 2.07 bits per heavy atom. The smallest absolute Gasteiger partial charge is 0.322 e. The number of rotatable bonds is 10. The van der Waals surface area contributed by atoms with E-state index in [2.05, 4.69) is 16.0 Å². The Balaban J connectivity index is 2.84. The fraction of sp³-hybridized carbons (Fsp3) is 0.474. The summed E-state index contributed by atoms with van der Waals surface area (Å²) >= 11 is 0. The van der Waals surface area contributed by atoms with E-state index >= 15 is 0 Å². The Hall–Kier alpha value is -3.14. The van der Waals surface area contributed by atoms with Crippen molar-refractivity contribution in [3.05, 3.63) is 29.8 Å². The van der Waals surface area contributed by atoms with Crippen molar-refractivity contribution in [2.75, 3.05) is 6.54 Å². The molecule has 0 aromatic heterocycles. The number of nitrogens with two attached hydrogens (primary N) is 1. The molecule has 3 atom stereocenters. The third-order valence-electron chi connectivity index (χ3n) is 4.20. The lowest BCUT2D eigenvalue weighted by molar-refractivity contribution is -0.138. The minimum Gasteiger partial charge on any atom is -0.508 e. The van der Waals surface area contributed by atoms with Crippen LogP contribution in [0.15, 0.2) is 24.3 Å². The lowest BCUT2D eigenvalue weighted by Gasteiger charge is -2.23. The predicted molar refractivity (Wildman–Crippen MR) is 105 cm³/mol. The van der Waals surface area contributed by atoms with E-state index in [1.807, 2.05) is 0 Å². The number of hydrogen-bond acceptors (Lipinski definition) is 6. The first-order valence-corrected chi connectivity index (χ1v) is 9.15. The molecule has 3 amide bonds. The molecular weight excluding hydrogens is 380 g/mol. The van der Waals surface area contributed by atoms with Crippen LogP contribution in [0.25, 0.3) is 0 Å². The molecule has 0 aliphatic heterocycles. The van der Waals surface area contributed by atoms with Crippen molar-refractivity contribution in [3.63, 3.8) is 0 Å². The largest absolute Gasteiger partial charge is 0.508 e. The number of carbonyl (C=O) groups is 4. The van der Waals surface area contributed by atoms with Gasteiger partial charge in [0.1, 0.15) is 24.4 Å². The fourth-order valence-corrected chi connectivity index (χ4v) is 2.34. The summed E-state index contributed by atoms with van der Waals surface area (Å²) < 4.78 is 0. The van der Waals surface area contributed by atoms with Gasteiger partial charge in [0.15, 0.2) is 0 Å². The number of nitrogens with one attached hydrogen (secondary N) is 3. The van der Waals surface area contributed by atoms with Gasteiger partial charge < -0.3 is 31.9 Å². The van der Waals surface area contributed by atoms with Crippen LogP contribution < -0.4 is 21.7 Å². The molecule has 1 rings (SSSR count). The maximum atomic E-state index is 12.5. The zero-order chi connectivity index (χ0) is 22.1. The zero-order valence-electron chi connectivity index (χ0n) is 16.6. The highest BCUT2D eigenvalue weighted by atomic mass is 16.4. The van der Waals surface area contributed by atoms with E-state index in [0.29, 0.717) is 5.56 Å². The molecule has 0 bridgehead atoms. The molecule has 10 nitrogen and oxygen atoms in total. The summed E-state index contributed by atoms with van der Waals surface area (Å²) in [7, 11) is 0. The van der Waals surface area contributed by atoms with Crippen molar-refractivity contribution in [1.29, 1.82) is 0 Å². The summed E-state index contributed by atoms with van der Waals surface area (Å²) in [4.78, 5) is 47.6. The van der Waals surface area contributed by atoms with Crippen LogP contribution in [0.2, 0.25) is 0 Å². The molecule has 10 heteroatoms. The van der Waals surface area contributed by atoms with Crippen LogP contribution in [0.4, 0.5) is 0 Å². The maximum absolute atomic E-state index is 12.5. The Bertz CT molecular complexity index is 735. The summed E-state index contributed by atoms with van der Waals surface area (Å²) in [6.07, 6.45) is 0.0592. The lowest BCUT2D eigenvalue weighted by atomic mass is 10.0. The first-order valence-electron chi connectivity index (χ1n) is 9.15. The summed E-state index contributed by atoms with van der Waals surface area (Å²) in [5, 5.41) is 25.3. The molecule has 0 aliphatic carbocycles. The van der Waals surface area contributed by atoms with Crippen LogP contribution >= 0.6 is 0 Å². The van der Waals surface area contributed by atoms with Crippen LogP contribution in [-0.2, 0) is 25.6 Å². The van der Waals surface area contributed by atoms with E-state index < -0.39 is 48.4 Å². The van der Waals surface area contributed by atoms with Crippen LogP contribution in [0.3, 0.4) is 0 Å². The van der Waals surface area contributed by atoms with Gasteiger partial charge in [-0.25, -0.2) is 0 Å². The minimum absolute atomic E-state index is 0.0440. The third-order valence-corrected chi connectivity index (χ3v) is 4.20. The molecule has 1 aromatic carbocycles. The van der Waals surface area contributed by atoms with E-state index in [1.54, 1.807) is 26.0 Å². The van der Waals surface area contributed by atoms with Gasteiger partial charge in [0.25, 0.3) is 0 Å². The van der Waals surface area contributed by atoms with Gasteiger partial charge in [0, 0.05) is 6.42 Å². The molecule has 0 heterocycles. The highest BCUT2D eigenvalue weighted by Gasteiger charge is 2.26. The van der Waals surface area contributed by atoms with Gasteiger partial charge in [-0.3, -0.25) is 19.2 Å². The molecule has 29 heavy (non-hydrogen) atoms. The summed E-state index contributed by atoms with van der Waals surface area (Å²) in [5.74, 6) is -3.10. The first-order chi connectivity index (χ1) is 13.5. The lowest BCUT2D eigenvalue weighted by Crippen LogP contribution is -2.56. The van der Waals surface area contributed by atoms with Crippen molar-refractivity contribution in [1.82, 2.24) is 16.0 Å². The average molecular weight is 408 g/mol. The van der Waals surface area contributed by atoms with Gasteiger partial charge in [0.05, 0.1) is 6.04 Å². The Labute approximate surface area is 168 Å². The molecule has 0 saturated carbocycles. The molecule has 160 valence electrons. The molecule has 0 saturated heterocycles. The van der Waals surface area contributed by atoms with E-state index in [9.17, 15) is 24.3 Å². The second-order valence-electron chi connectivity index (χ2n) is 7.04. The molecule has 0 aliphatic rings. The number of carboxylic acids is 1. The van der Waals surface area contributed by atoms with Gasteiger partial charge in [-0.2, -0.15) is 0 Å². The standard InChI is InChI=1S/C19H28N4O6/c1-10(2)16(20)19(29)22-11(3)17(27)23-14(18(28)21-9-15(25)26)8-12-4-6-13(24)7-5-12/h4-7,10-11,14,16,24H,8-9,20H2,1-3H3,(H,21,28)(H,22,29)(H,23,27)(H,25,26). The monoisotopic (exact) mass is 408 g/mol. The molecule has 0 radical (unpaired) electrons. The van der Waals surface area contributed by atoms with E-state index in [4.69, 9.17) is 10.8 Å². The van der Waals surface area contributed by atoms with Crippen LogP contribution in [0.5, 0.6) is 5.75 Å². The van der Waals surface area contributed by atoms with Gasteiger partial charge >= 0.3 is 5.97 Å². The number of amides is 3. The summed E-state index contributed by atoms with van der Waals surface area (Å²) in [6.45, 7) is 4.40. The number of phenolic OH excluding ortho intramolecular Hbond substituents is 1. The van der Waals surface area contributed by atoms with Crippen molar-refractivity contribution in [2.45, 2.75) is 45.3 Å². The quantitative estimate of drug-likeness (QED) is 0.291. The first kappa shape index (κ1) is 23.9. The Morgan fingerprint density at radius 2 is 1.55 bits per heavy atom. The maximum Gasteiger partial charge on any atom is 0.322 e. The molecule has 0 fully saturated rings. The Morgan fingerprint density at radius 1 is 0.966 bits per heavy atom. The van der Waals surface area contributed by atoms with Crippen LogP contribution in [-0.4, -0.2) is 58.6 Å². The van der Waals surface area contributed by atoms with Gasteiger partial charge in [-0.15, -0.1) is 0 Å². The predicted octanol–water partition coefficient (Wildman–Crippen LogP) is -0.892. The second kappa shape index (κ2) is 11.0. The van der Waals surface area contributed by atoms with Crippen molar-refractivity contribution >= 4 is 23.7 Å². The van der Waals surface area contributed by atoms with Gasteiger partial charge in [0.2, 0.25) is 17.7 Å². The highest BCUT2D eigenvalue weighted by molar-refractivity contribution is 5.93. The fourth-order valence-electron chi connectivity index (χ4n) is 2.34. The topological polar surface area (TPSA) is 171 Å². The highest BCUT2D eigenvalue weighted by Crippen LogP contribution is 2.11. The number of carboxylic acid groups (broad SMARTS) is 1. The van der Waals surface area contributed by atoms with Gasteiger partial charge in [-0.1, -0.05) is 26.0 Å². The van der Waals surface area contributed by atoms with Crippen molar-refractivity contribution in [3.8, 4) is 5.75 Å². The number of aliphatic carboxylic acids is 1. The number of benzene rings is 1. The van der Waals surface area contributed by atoms with Crippen LogP contribution in [0, 0.1) is 5.92 Å². The third kappa shape index (κ3) is 8.18. The minimum atomic E-state index is -1.23. The summed E-state index contributed by atoms with van der Waals surface area (Å²) in [6, 6.07) is 3.19. The molecule has 1 aromatic rings.